The molecular formula is C26H23ClN2O3. The number of amides is 1. The molecule has 3 aromatic carbocycles. The summed E-state index contributed by atoms with van der Waals surface area (Å²) in [7, 11) is 0. The van der Waals surface area contributed by atoms with Gasteiger partial charge in [-0.1, -0.05) is 60.1 Å². The number of nitrogens with zero attached hydrogens (tertiary/aromatic N) is 1. The molecule has 1 amide bonds. The van der Waals surface area contributed by atoms with E-state index in [1.807, 2.05) is 48.5 Å². The summed E-state index contributed by atoms with van der Waals surface area (Å²) < 4.78 is 5.58. The normalized spacial score (nSPS) is 11.8. The van der Waals surface area contributed by atoms with Crippen LogP contribution in [0.25, 0.3) is 10.9 Å². The summed E-state index contributed by atoms with van der Waals surface area (Å²) in [4.78, 5) is 17.0. The van der Waals surface area contributed by atoms with E-state index in [9.17, 15) is 9.90 Å². The van der Waals surface area contributed by atoms with Gasteiger partial charge in [-0.05, 0) is 48.7 Å². The number of phenolic OH excluding ortho intramolecular Hbond substituents is 1. The standard InChI is InChI=1S/C26H23ClN2O3/c27-22-16-21(26(31)25-20(22)12-7-15-28-25)23(14-13-18-8-3-1-4-9-18)29-24(30)17-32-19-10-5-2-6-11-19/h1-12,15-16,23,31H,13-14,17H2,(H,29,30). The number of para-hydroxylation sites is 1. The van der Waals surface area contributed by atoms with Crippen LogP contribution < -0.4 is 10.1 Å². The molecule has 4 aromatic rings. The Balaban J connectivity index is 1.58. The highest BCUT2D eigenvalue weighted by molar-refractivity contribution is 6.35. The molecule has 0 saturated carbocycles. The third-order valence-electron chi connectivity index (χ3n) is 5.23. The van der Waals surface area contributed by atoms with E-state index in [2.05, 4.69) is 10.3 Å². The largest absolute Gasteiger partial charge is 0.505 e. The van der Waals surface area contributed by atoms with E-state index >= 15 is 0 Å². The van der Waals surface area contributed by atoms with E-state index in [4.69, 9.17) is 16.3 Å². The van der Waals surface area contributed by atoms with Crippen LogP contribution in [0.15, 0.2) is 85.1 Å². The molecule has 0 saturated heterocycles. The fourth-order valence-corrected chi connectivity index (χ4v) is 3.90. The molecule has 1 atom stereocenters. The number of fused-ring (bicyclic) bond motifs is 1. The van der Waals surface area contributed by atoms with Gasteiger partial charge in [-0.15, -0.1) is 0 Å². The lowest BCUT2D eigenvalue weighted by molar-refractivity contribution is -0.123. The van der Waals surface area contributed by atoms with Crippen molar-refractivity contribution in [3.05, 3.63) is 101 Å². The van der Waals surface area contributed by atoms with Crippen LogP contribution in [0.4, 0.5) is 0 Å². The summed E-state index contributed by atoms with van der Waals surface area (Å²) in [5.41, 5.74) is 2.08. The number of nitrogens with one attached hydrogen (secondary N) is 1. The van der Waals surface area contributed by atoms with Crippen LogP contribution in [0.5, 0.6) is 11.5 Å². The van der Waals surface area contributed by atoms with Crippen LogP contribution in [0, 0.1) is 0 Å². The average molecular weight is 447 g/mol. The van der Waals surface area contributed by atoms with Crippen molar-refractivity contribution in [2.45, 2.75) is 18.9 Å². The van der Waals surface area contributed by atoms with Crippen molar-refractivity contribution < 1.29 is 14.6 Å². The third kappa shape index (κ3) is 5.18. The topological polar surface area (TPSA) is 71.5 Å². The molecule has 32 heavy (non-hydrogen) atoms. The second-order valence-corrected chi connectivity index (χ2v) is 7.85. The van der Waals surface area contributed by atoms with Gasteiger partial charge < -0.3 is 15.2 Å². The Hall–Kier alpha value is -3.57. The number of pyridine rings is 1. The van der Waals surface area contributed by atoms with Crippen molar-refractivity contribution in [2.24, 2.45) is 0 Å². The summed E-state index contributed by atoms with van der Waals surface area (Å²) in [5.74, 6) is 0.347. The Morgan fingerprint density at radius 3 is 2.50 bits per heavy atom. The second-order valence-electron chi connectivity index (χ2n) is 7.44. The number of benzene rings is 3. The molecule has 4 rings (SSSR count). The zero-order valence-corrected chi connectivity index (χ0v) is 18.1. The highest BCUT2D eigenvalue weighted by Crippen LogP contribution is 2.37. The average Bonchev–Trinajstić information content (AvgIpc) is 2.84. The number of phenols is 1. The Kier molecular flexibility index (Phi) is 6.87. The van der Waals surface area contributed by atoms with Crippen LogP contribution in [-0.2, 0) is 11.2 Å². The molecule has 5 nitrogen and oxygen atoms in total. The first-order chi connectivity index (χ1) is 15.6. The van der Waals surface area contributed by atoms with Gasteiger partial charge in [0.2, 0.25) is 0 Å². The zero-order chi connectivity index (χ0) is 22.3. The summed E-state index contributed by atoms with van der Waals surface area (Å²) in [6.07, 6.45) is 2.89. The lowest BCUT2D eigenvalue weighted by atomic mass is 9.96. The number of aromatic nitrogens is 1. The van der Waals surface area contributed by atoms with Crippen molar-refractivity contribution in [2.75, 3.05) is 6.61 Å². The van der Waals surface area contributed by atoms with E-state index in [-0.39, 0.29) is 18.3 Å². The van der Waals surface area contributed by atoms with Crippen LogP contribution >= 0.6 is 11.6 Å². The van der Waals surface area contributed by atoms with Crippen molar-refractivity contribution in [1.82, 2.24) is 10.3 Å². The smallest absolute Gasteiger partial charge is 0.258 e. The van der Waals surface area contributed by atoms with E-state index in [1.54, 1.807) is 36.5 Å². The number of hydrogen-bond donors (Lipinski definition) is 2. The first kappa shape index (κ1) is 21.7. The van der Waals surface area contributed by atoms with Gasteiger partial charge >= 0.3 is 0 Å². The zero-order valence-electron chi connectivity index (χ0n) is 17.4. The Morgan fingerprint density at radius 1 is 1.03 bits per heavy atom. The summed E-state index contributed by atoms with van der Waals surface area (Å²) in [6, 6.07) is 24.0. The van der Waals surface area contributed by atoms with Crippen molar-refractivity contribution in [1.29, 1.82) is 0 Å². The maximum absolute atomic E-state index is 12.7. The molecule has 1 aromatic heterocycles. The molecule has 0 spiro atoms. The molecule has 0 aliphatic rings. The Morgan fingerprint density at radius 2 is 1.75 bits per heavy atom. The van der Waals surface area contributed by atoms with Crippen molar-refractivity contribution in [3.63, 3.8) is 0 Å². The molecule has 0 aliphatic carbocycles. The minimum absolute atomic E-state index is 0.0207. The number of hydrogen-bond acceptors (Lipinski definition) is 4. The first-order valence-corrected chi connectivity index (χ1v) is 10.8. The molecule has 0 radical (unpaired) electrons. The molecule has 6 heteroatoms. The van der Waals surface area contributed by atoms with Crippen LogP contribution in [-0.4, -0.2) is 22.6 Å². The molecule has 1 unspecified atom stereocenters. The van der Waals surface area contributed by atoms with Gasteiger partial charge in [0, 0.05) is 17.1 Å². The number of halogens is 1. The fraction of sp³-hybridized carbons (Fsp3) is 0.154. The van der Waals surface area contributed by atoms with E-state index in [1.165, 1.54) is 0 Å². The van der Waals surface area contributed by atoms with Gasteiger partial charge in [-0.3, -0.25) is 9.78 Å². The summed E-state index contributed by atoms with van der Waals surface area (Å²) >= 11 is 6.48. The summed E-state index contributed by atoms with van der Waals surface area (Å²) in [5, 5.41) is 15.1. The first-order valence-electron chi connectivity index (χ1n) is 10.4. The Labute approximate surface area is 191 Å². The number of carbonyl (C=O) groups is 1. The number of rotatable bonds is 8. The number of carbonyl (C=O) groups excluding carboxylic acids is 1. The van der Waals surface area contributed by atoms with Crippen LogP contribution in [0.3, 0.4) is 0 Å². The number of ether oxygens (including phenoxy) is 1. The van der Waals surface area contributed by atoms with Crippen molar-refractivity contribution >= 4 is 28.4 Å². The second kappa shape index (κ2) is 10.2. The van der Waals surface area contributed by atoms with Crippen LogP contribution in [0.2, 0.25) is 5.02 Å². The van der Waals surface area contributed by atoms with E-state index in [0.717, 1.165) is 5.56 Å². The molecular weight excluding hydrogens is 424 g/mol. The van der Waals surface area contributed by atoms with E-state index in [0.29, 0.717) is 40.1 Å². The quantitative estimate of drug-likeness (QED) is 0.377. The van der Waals surface area contributed by atoms with Gasteiger partial charge in [0.15, 0.2) is 6.61 Å². The third-order valence-corrected chi connectivity index (χ3v) is 5.55. The minimum atomic E-state index is -0.467. The molecule has 1 heterocycles. The number of aryl methyl sites for hydroxylation is 1. The number of aromatic hydroxyl groups is 1. The van der Waals surface area contributed by atoms with Gasteiger partial charge in [0.25, 0.3) is 5.91 Å². The molecule has 2 N–H and O–H groups in total. The lowest BCUT2D eigenvalue weighted by Gasteiger charge is -2.22. The lowest BCUT2D eigenvalue weighted by Crippen LogP contribution is -2.33. The van der Waals surface area contributed by atoms with Crippen LogP contribution in [0.1, 0.15) is 23.6 Å². The highest BCUT2D eigenvalue weighted by atomic mass is 35.5. The molecule has 0 aliphatic heterocycles. The SMILES string of the molecule is O=C(COc1ccccc1)NC(CCc1ccccc1)c1cc(Cl)c2cccnc2c1O. The maximum Gasteiger partial charge on any atom is 0.258 e. The molecule has 0 fully saturated rings. The molecule has 0 bridgehead atoms. The highest BCUT2D eigenvalue weighted by Gasteiger charge is 2.22. The van der Waals surface area contributed by atoms with Gasteiger partial charge in [0.1, 0.15) is 17.0 Å². The minimum Gasteiger partial charge on any atom is -0.505 e. The Bertz CT molecular complexity index is 1200. The summed E-state index contributed by atoms with van der Waals surface area (Å²) in [6.45, 7) is -0.133. The van der Waals surface area contributed by atoms with Gasteiger partial charge in [-0.25, -0.2) is 0 Å². The fourth-order valence-electron chi connectivity index (χ4n) is 3.63. The maximum atomic E-state index is 12.7. The van der Waals surface area contributed by atoms with Gasteiger partial charge in [-0.2, -0.15) is 0 Å². The predicted octanol–water partition coefficient (Wildman–Crippen LogP) is 5.46. The predicted molar refractivity (Wildman–Crippen MR) is 126 cm³/mol. The van der Waals surface area contributed by atoms with E-state index < -0.39 is 6.04 Å². The van der Waals surface area contributed by atoms with Crippen molar-refractivity contribution in [3.8, 4) is 11.5 Å². The molecule has 162 valence electrons. The monoisotopic (exact) mass is 446 g/mol. The van der Waals surface area contributed by atoms with Gasteiger partial charge in [0.05, 0.1) is 11.1 Å².